The van der Waals surface area contributed by atoms with Gasteiger partial charge in [-0.3, -0.25) is 4.40 Å². The van der Waals surface area contributed by atoms with Crippen molar-refractivity contribution in [2.45, 2.75) is 13.3 Å². The fraction of sp³-hybridized carbons (Fsp3) is 0.375. The SMILES string of the molecule is Cc1csc2cnc(CCN)n12. The Hall–Kier alpha value is -0.870. The molecule has 2 aromatic rings. The molecule has 2 aromatic heterocycles. The average Bonchev–Trinajstić information content (AvgIpc) is 2.58. The monoisotopic (exact) mass is 181 g/mol. The van der Waals surface area contributed by atoms with E-state index in [-0.39, 0.29) is 0 Å². The molecule has 0 amide bonds. The summed E-state index contributed by atoms with van der Waals surface area (Å²) in [6.07, 6.45) is 2.76. The summed E-state index contributed by atoms with van der Waals surface area (Å²) in [5, 5.41) is 2.14. The van der Waals surface area contributed by atoms with Gasteiger partial charge < -0.3 is 5.73 Å². The summed E-state index contributed by atoms with van der Waals surface area (Å²) in [6, 6.07) is 0. The van der Waals surface area contributed by atoms with Crippen LogP contribution in [0.4, 0.5) is 0 Å². The number of fused-ring (bicyclic) bond motifs is 1. The summed E-state index contributed by atoms with van der Waals surface area (Å²) in [5.41, 5.74) is 6.73. The van der Waals surface area contributed by atoms with E-state index >= 15 is 0 Å². The molecule has 2 heterocycles. The first-order valence-electron chi connectivity index (χ1n) is 3.93. The van der Waals surface area contributed by atoms with E-state index in [4.69, 9.17) is 5.73 Å². The van der Waals surface area contributed by atoms with Gasteiger partial charge in [0.25, 0.3) is 0 Å². The van der Waals surface area contributed by atoms with Crippen molar-refractivity contribution in [3.63, 3.8) is 0 Å². The van der Waals surface area contributed by atoms with Gasteiger partial charge in [0.2, 0.25) is 0 Å². The number of aryl methyl sites for hydroxylation is 1. The van der Waals surface area contributed by atoms with Crippen LogP contribution >= 0.6 is 11.3 Å². The molecule has 0 unspecified atom stereocenters. The van der Waals surface area contributed by atoms with Crippen molar-refractivity contribution in [2.75, 3.05) is 6.54 Å². The Kier molecular flexibility index (Phi) is 1.86. The van der Waals surface area contributed by atoms with Crippen LogP contribution in [0.3, 0.4) is 0 Å². The lowest BCUT2D eigenvalue weighted by atomic mass is 10.4. The maximum atomic E-state index is 5.48. The molecular formula is C8H11N3S. The maximum absolute atomic E-state index is 5.48. The highest BCUT2D eigenvalue weighted by atomic mass is 32.1. The van der Waals surface area contributed by atoms with Gasteiger partial charge in [-0.05, 0) is 13.5 Å². The van der Waals surface area contributed by atoms with Crippen molar-refractivity contribution in [3.8, 4) is 0 Å². The van der Waals surface area contributed by atoms with E-state index in [1.54, 1.807) is 11.3 Å². The number of imidazole rings is 1. The molecular weight excluding hydrogens is 170 g/mol. The summed E-state index contributed by atoms with van der Waals surface area (Å²) < 4.78 is 2.16. The van der Waals surface area contributed by atoms with Gasteiger partial charge in [-0.15, -0.1) is 11.3 Å². The Morgan fingerprint density at radius 2 is 2.50 bits per heavy atom. The van der Waals surface area contributed by atoms with Crippen LogP contribution in [0.25, 0.3) is 4.83 Å². The summed E-state index contributed by atoms with van der Waals surface area (Å²) in [7, 11) is 0. The molecule has 12 heavy (non-hydrogen) atoms. The van der Waals surface area contributed by atoms with Gasteiger partial charge in [0.05, 0.1) is 6.20 Å². The zero-order valence-corrected chi connectivity index (χ0v) is 7.77. The van der Waals surface area contributed by atoms with Gasteiger partial charge in [-0.2, -0.15) is 0 Å². The van der Waals surface area contributed by atoms with Gasteiger partial charge in [-0.25, -0.2) is 4.98 Å². The quantitative estimate of drug-likeness (QED) is 0.756. The van der Waals surface area contributed by atoms with E-state index < -0.39 is 0 Å². The fourth-order valence-electron chi connectivity index (χ4n) is 1.34. The van der Waals surface area contributed by atoms with Crippen LogP contribution in [0.1, 0.15) is 11.5 Å². The van der Waals surface area contributed by atoms with Crippen LogP contribution in [0.5, 0.6) is 0 Å². The van der Waals surface area contributed by atoms with Crippen molar-refractivity contribution in [2.24, 2.45) is 5.73 Å². The van der Waals surface area contributed by atoms with Gasteiger partial charge in [0, 0.05) is 17.5 Å². The van der Waals surface area contributed by atoms with E-state index in [1.165, 1.54) is 10.5 Å². The standard InChI is InChI=1S/C8H11N3S/c1-6-5-12-8-4-10-7(2-3-9)11(6)8/h4-5H,2-3,9H2,1H3. The van der Waals surface area contributed by atoms with Gasteiger partial charge >= 0.3 is 0 Å². The molecule has 0 saturated carbocycles. The van der Waals surface area contributed by atoms with E-state index in [9.17, 15) is 0 Å². The van der Waals surface area contributed by atoms with Gasteiger partial charge in [-0.1, -0.05) is 0 Å². The summed E-state index contributed by atoms with van der Waals surface area (Å²) in [6.45, 7) is 2.75. The molecule has 0 fully saturated rings. The lowest BCUT2D eigenvalue weighted by Crippen LogP contribution is -2.06. The van der Waals surface area contributed by atoms with E-state index in [1.807, 2.05) is 6.20 Å². The van der Waals surface area contributed by atoms with Crippen LogP contribution in [0, 0.1) is 6.92 Å². The van der Waals surface area contributed by atoms with Crippen LogP contribution in [-0.4, -0.2) is 15.9 Å². The third-order valence-electron chi connectivity index (χ3n) is 1.87. The number of nitrogens with two attached hydrogens (primary N) is 1. The Bertz CT molecular complexity index is 388. The lowest BCUT2D eigenvalue weighted by Gasteiger charge is -1.96. The Labute approximate surface area is 74.8 Å². The molecule has 4 heteroatoms. The number of hydrogen-bond donors (Lipinski definition) is 1. The summed E-state index contributed by atoms with van der Waals surface area (Å²) in [4.78, 5) is 5.50. The van der Waals surface area contributed by atoms with Crippen molar-refractivity contribution < 1.29 is 0 Å². The smallest absolute Gasteiger partial charge is 0.119 e. The van der Waals surface area contributed by atoms with Crippen LogP contribution in [0.2, 0.25) is 0 Å². The molecule has 0 saturated heterocycles. The number of aromatic nitrogens is 2. The topological polar surface area (TPSA) is 43.3 Å². The van der Waals surface area contributed by atoms with Gasteiger partial charge in [0.1, 0.15) is 10.7 Å². The van der Waals surface area contributed by atoms with Crippen molar-refractivity contribution in [1.82, 2.24) is 9.38 Å². The minimum atomic E-state index is 0.661. The molecule has 0 aliphatic heterocycles. The van der Waals surface area contributed by atoms with E-state index in [2.05, 4.69) is 21.7 Å². The zero-order chi connectivity index (χ0) is 8.55. The molecule has 0 aliphatic rings. The first kappa shape index (κ1) is 7.76. The second-order valence-electron chi connectivity index (χ2n) is 2.76. The molecule has 0 radical (unpaired) electrons. The number of nitrogens with zero attached hydrogens (tertiary/aromatic N) is 2. The number of thiazole rings is 1. The van der Waals surface area contributed by atoms with Gasteiger partial charge in [0.15, 0.2) is 0 Å². The summed E-state index contributed by atoms with van der Waals surface area (Å²) in [5.74, 6) is 1.08. The minimum absolute atomic E-state index is 0.661. The molecule has 3 nitrogen and oxygen atoms in total. The molecule has 2 rings (SSSR count). The van der Waals surface area contributed by atoms with Crippen LogP contribution < -0.4 is 5.73 Å². The molecule has 2 N–H and O–H groups in total. The molecule has 0 spiro atoms. The third-order valence-corrected chi connectivity index (χ3v) is 2.86. The highest BCUT2D eigenvalue weighted by molar-refractivity contribution is 7.15. The first-order chi connectivity index (χ1) is 5.83. The molecule has 0 aliphatic carbocycles. The highest BCUT2D eigenvalue weighted by Crippen LogP contribution is 2.17. The highest BCUT2D eigenvalue weighted by Gasteiger charge is 2.05. The second kappa shape index (κ2) is 2.88. The van der Waals surface area contributed by atoms with Crippen LogP contribution in [0.15, 0.2) is 11.6 Å². The lowest BCUT2D eigenvalue weighted by molar-refractivity contribution is 0.854. The normalized spacial score (nSPS) is 11.2. The Morgan fingerprint density at radius 3 is 3.25 bits per heavy atom. The largest absolute Gasteiger partial charge is 0.330 e. The summed E-state index contributed by atoms with van der Waals surface area (Å²) >= 11 is 1.72. The molecule has 0 aromatic carbocycles. The predicted molar refractivity (Wildman–Crippen MR) is 50.6 cm³/mol. The van der Waals surface area contributed by atoms with Crippen LogP contribution in [-0.2, 0) is 6.42 Å². The molecule has 0 atom stereocenters. The predicted octanol–water partition coefficient (Wildman–Crippen LogP) is 1.21. The van der Waals surface area contributed by atoms with Crippen molar-refractivity contribution in [3.05, 3.63) is 23.1 Å². The molecule has 0 bridgehead atoms. The Morgan fingerprint density at radius 1 is 1.67 bits per heavy atom. The molecule has 64 valence electrons. The van der Waals surface area contributed by atoms with Crippen molar-refractivity contribution in [1.29, 1.82) is 0 Å². The van der Waals surface area contributed by atoms with Crippen molar-refractivity contribution >= 4 is 16.2 Å². The maximum Gasteiger partial charge on any atom is 0.119 e. The number of hydrogen-bond acceptors (Lipinski definition) is 3. The van der Waals surface area contributed by atoms with E-state index in [0.717, 1.165) is 12.2 Å². The number of rotatable bonds is 2. The Balaban J connectivity index is 2.59. The fourth-order valence-corrected chi connectivity index (χ4v) is 2.20. The third kappa shape index (κ3) is 1.04. The first-order valence-corrected chi connectivity index (χ1v) is 4.81. The van der Waals surface area contributed by atoms with E-state index in [0.29, 0.717) is 6.54 Å². The zero-order valence-electron chi connectivity index (χ0n) is 6.95. The average molecular weight is 181 g/mol. The minimum Gasteiger partial charge on any atom is -0.330 e. The second-order valence-corrected chi connectivity index (χ2v) is 3.65.